The van der Waals surface area contributed by atoms with Crippen LogP contribution in [-0.2, 0) is 11.3 Å². The number of ether oxygens (including phenoxy) is 3. The number of methoxy groups -OCH3 is 3. The lowest BCUT2D eigenvalue weighted by atomic mass is 10.1. The Kier molecular flexibility index (Phi) is 6.05. The fourth-order valence-electron chi connectivity index (χ4n) is 2.56. The van der Waals surface area contributed by atoms with Gasteiger partial charge in [-0.05, 0) is 35.9 Å². The fourth-order valence-corrected chi connectivity index (χ4v) is 3.26. The highest BCUT2D eigenvalue weighted by Gasteiger charge is 2.14. The molecule has 140 valence electrons. The van der Waals surface area contributed by atoms with Gasteiger partial charge in [0.1, 0.15) is 11.5 Å². The van der Waals surface area contributed by atoms with Crippen molar-refractivity contribution in [3.05, 3.63) is 59.0 Å². The second-order valence-electron chi connectivity index (χ2n) is 5.69. The molecule has 0 saturated heterocycles. The summed E-state index contributed by atoms with van der Waals surface area (Å²) in [6.07, 6.45) is 0. The molecule has 0 saturated carbocycles. The summed E-state index contributed by atoms with van der Waals surface area (Å²) in [5, 5.41) is 5.22. The third-order valence-electron chi connectivity index (χ3n) is 3.93. The maximum absolute atomic E-state index is 12.4. The van der Waals surface area contributed by atoms with Crippen molar-refractivity contribution in [1.82, 2.24) is 4.98 Å². The van der Waals surface area contributed by atoms with Gasteiger partial charge < -0.3 is 14.2 Å². The Balaban J connectivity index is 1.77. The number of hydrogen-bond donors (Lipinski definition) is 1. The first-order chi connectivity index (χ1) is 13.1. The Labute approximate surface area is 161 Å². The van der Waals surface area contributed by atoms with Gasteiger partial charge in [0.15, 0.2) is 5.13 Å². The number of aromatic nitrogens is 1. The average molecular weight is 384 g/mol. The van der Waals surface area contributed by atoms with Gasteiger partial charge in [-0.2, -0.15) is 0 Å². The van der Waals surface area contributed by atoms with Crippen molar-refractivity contribution in [3.63, 3.8) is 0 Å². The molecule has 3 aromatic rings. The van der Waals surface area contributed by atoms with Crippen molar-refractivity contribution in [3.8, 4) is 22.8 Å². The number of rotatable bonds is 7. The quantitative estimate of drug-likeness (QED) is 0.660. The number of carbonyl (C=O) groups is 1. The number of anilines is 1. The van der Waals surface area contributed by atoms with Crippen molar-refractivity contribution < 1.29 is 19.0 Å². The third-order valence-corrected chi connectivity index (χ3v) is 4.69. The van der Waals surface area contributed by atoms with E-state index in [1.165, 1.54) is 11.3 Å². The summed E-state index contributed by atoms with van der Waals surface area (Å²) >= 11 is 1.35. The van der Waals surface area contributed by atoms with Crippen LogP contribution in [0.4, 0.5) is 5.13 Å². The van der Waals surface area contributed by atoms with Crippen molar-refractivity contribution in [2.75, 3.05) is 26.6 Å². The Bertz CT molecular complexity index is 922. The molecule has 0 radical (unpaired) electrons. The number of hydrogen-bond acceptors (Lipinski definition) is 6. The van der Waals surface area contributed by atoms with Crippen LogP contribution in [0.1, 0.15) is 15.9 Å². The number of nitrogens with one attached hydrogen (secondary N) is 1. The van der Waals surface area contributed by atoms with Gasteiger partial charge >= 0.3 is 0 Å². The highest BCUT2D eigenvalue weighted by molar-refractivity contribution is 7.14. The molecule has 0 bridgehead atoms. The van der Waals surface area contributed by atoms with Gasteiger partial charge in [-0.15, -0.1) is 11.3 Å². The Morgan fingerprint density at radius 3 is 2.52 bits per heavy atom. The molecule has 1 N–H and O–H groups in total. The molecule has 7 heteroatoms. The van der Waals surface area contributed by atoms with Gasteiger partial charge in [0.2, 0.25) is 0 Å². The van der Waals surface area contributed by atoms with Crippen LogP contribution in [-0.4, -0.2) is 32.2 Å². The minimum absolute atomic E-state index is 0.211. The molecule has 0 atom stereocenters. The summed E-state index contributed by atoms with van der Waals surface area (Å²) in [6.45, 7) is 0.514. The second kappa shape index (κ2) is 8.66. The molecule has 27 heavy (non-hydrogen) atoms. The van der Waals surface area contributed by atoms with E-state index in [1.807, 2.05) is 35.7 Å². The van der Waals surface area contributed by atoms with E-state index in [0.717, 1.165) is 11.1 Å². The molecule has 0 aliphatic carbocycles. The van der Waals surface area contributed by atoms with Gasteiger partial charge in [0, 0.05) is 23.6 Å². The standard InChI is InChI=1S/C20H20N2O4S/c1-24-11-13-4-6-14(7-5-13)19(23)22-20-21-17(12-27-20)16-10-15(25-2)8-9-18(16)26-3/h4-10,12H,11H2,1-3H3,(H,21,22,23). The lowest BCUT2D eigenvalue weighted by Gasteiger charge is -2.08. The summed E-state index contributed by atoms with van der Waals surface area (Å²) in [4.78, 5) is 16.9. The molecule has 1 aromatic heterocycles. The van der Waals surface area contributed by atoms with Crippen LogP contribution in [0.5, 0.6) is 11.5 Å². The molecular weight excluding hydrogens is 364 g/mol. The summed E-state index contributed by atoms with van der Waals surface area (Å²) in [6, 6.07) is 12.8. The minimum Gasteiger partial charge on any atom is -0.497 e. The predicted octanol–water partition coefficient (Wildman–Crippen LogP) is 4.23. The van der Waals surface area contributed by atoms with Gasteiger partial charge in [-0.1, -0.05) is 12.1 Å². The van der Waals surface area contributed by atoms with Crippen molar-refractivity contribution in [2.24, 2.45) is 0 Å². The number of nitrogens with zero attached hydrogens (tertiary/aromatic N) is 1. The van der Waals surface area contributed by atoms with Gasteiger partial charge in [-0.3, -0.25) is 10.1 Å². The van der Waals surface area contributed by atoms with Crippen LogP contribution in [0, 0.1) is 0 Å². The molecule has 0 unspecified atom stereocenters. The zero-order chi connectivity index (χ0) is 19.2. The lowest BCUT2D eigenvalue weighted by Crippen LogP contribution is -2.11. The monoisotopic (exact) mass is 384 g/mol. The number of amides is 1. The zero-order valence-corrected chi connectivity index (χ0v) is 16.1. The van der Waals surface area contributed by atoms with E-state index in [0.29, 0.717) is 34.5 Å². The first kappa shape index (κ1) is 18.9. The summed E-state index contributed by atoms with van der Waals surface area (Å²) in [7, 11) is 4.85. The first-order valence-electron chi connectivity index (χ1n) is 8.21. The van der Waals surface area contributed by atoms with Crippen LogP contribution >= 0.6 is 11.3 Å². The second-order valence-corrected chi connectivity index (χ2v) is 6.55. The summed E-state index contributed by atoms with van der Waals surface area (Å²) in [5.41, 5.74) is 3.08. The molecule has 0 spiro atoms. The normalized spacial score (nSPS) is 10.5. The highest BCUT2D eigenvalue weighted by atomic mass is 32.1. The smallest absolute Gasteiger partial charge is 0.257 e. The summed E-state index contributed by atoms with van der Waals surface area (Å²) in [5.74, 6) is 1.19. The molecule has 3 rings (SSSR count). The molecule has 0 aliphatic rings. The predicted molar refractivity (Wildman–Crippen MR) is 106 cm³/mol. The van der Waals surface area contributed by atoms with Crippen LogP contribution in [0.2, 0.25) is 0 Å². The van der Waals surface area contributed by atoms with E-state index >= 15 is 0 Å². The molecule has 0 aliphatic heterocycles. The largest absolute Gasteiger partial charge is 0.497 e. The van der Waals surface area contributed by atoms with Crippen LogP contribution in [0.15, 0.2) is 47.8 Å². The highest BCUT2D eigenvalue weighted by Crippen LogP contribution is 2.35. The van der Waals surface area contributed by atoms with Gasteiger partial charge in [0.25, 0.3) is 5.91 Å². The fraction of sp³-hybridized carbons (Fsp3) is 0.200. The Morgan fingerprint density at radius 2 is 1.85 bits per heavy atom. The van der Waals surface area contributed by atoms with Gasteiger partial charge in [0.05, 0.1) is 26.5 Å². The maximum atomic E-state index is 12.4. The van der Waals surface area contributed by atoms with Crippen molar-refractivity contribution >= 4 is 22.4 Å². The topological polar surface area (TPSA) is 69.7 Å². The van der Waals surface area contributed by atoms with E-state index in [9.17, 15) is 4.79 Å². The molecule has 6 nitrogen and oxygen atoms in total. The van der Waals surface area contributed by atoms with E-state index < -0.39 is 0 Å². The number of benzene rings is 2. The number of carbonyl (C=O) groups excluding carboxylic acids is 1. The van der Waals surface area contributed by atoms with Crippen LogP contribution < -0.4 is 14.8 Å². The van der Waals surface area contributed by atoms with Crippen molar-refractivity contribution in [2.45, 2.75) is 6.61 Å². The number of thiazole rings is 1. The summed E-state index contributed by atoms with van der Waals surface area (Å²) < 4.78 is 15.8. The van der Waals surface area contributed by atoms with Crippen LogP contribution in [0.3, 0.4) is 0 Å². The maximum Gasteiger partial charge on any atom is 0.257 e. The Morgan fingerprint density at radius 1 is 1.07 bits per heavy atom. The molecule has 1 heterocycles. The average Bonchev–Trinajstić information content (AvgIpc) is 3.16. The zero-order valence-electron chi connectivity index (χ0n) is 15.3. The van der Waals surface area contributed by atoms with Crippen molar-refractivity contribution in [1.29, 1.82) is 0 Å². The first-order valence-corrected chi connectivity index (χ1v) is 9.09. The van der Waals surface area contributed by atoms with E-state index in [-0.39, 0.29) is 5.91 Å². The molecule has 0 fully saturated rings. The minimum atomic E-state index is -0.211. The van der Waals surface area contributed by atoms with Gasteiger partial charge in [-0.25, -0.2) is 4.98 Å². The molecule has 1 amide bonds. The molecular formula is C20H20N2O4S. The van der Waals surface area contributed by atoms with E-state index in [1.54, 1.807) is 33.5 Å². The van der Waals surface area contributed by atoms with Crippen LogP contribution in [0.25, 0.3) is 11.3 Å². The lowest BCUT2D eigenvalue weighted by molar-refractivity contribution is 0.102. The Hall–Kier alpha value is -2.90. The molecule has 2 aromatic carbocycles. The van der Waals surface area contributed by atoms with E-state index in [4.69, 9.17) is 14.2 Å². The van der Waals surface area contributed by atoms with E-state index in [2.05, 4.69) is 10.3 Å². The third kappa shape index (κ3) is 4.45. The SMILES string of the molecule is COCc1ccc(C(=O)Nc2nc(-c3cc(OC)ccc3OC)cs2)cc1.